The first-order chi connectivity index (χ1) is 12.6. The molecule has 0 bridgehead atoms. The van der Waals surface area contributed by atoms with Gasteiger partial charge in [-0.15, -0.1) is 0 Å². The topological polar surface area (TPSA) is 58.6 Å². The van der Waals surface area contributed by atoms with Crippen molar-refractivity contribution in [2.24, 2.45) is 0 Å². The van der Waals surface area contributed by atoms with E-state index in [0.717, 1.165) is 31.4 Å². The molecule has 3 rings (SSSR count). The van der Waals surface area contributed by atoms with Gasteiger partial charge in [0.1, 0.15) is 5.75 Å². The first-order valence-electron chi connectivity index (χ1n) is 8.94. The maximum Gasteiger partial charge on any atom is 0.253 e. The molecular formula is C21H24ClNO3. The van der Waals surface area contributed by atoms with Gasteiger partial charge in [0, 0.05) is 11.1 Å². The summed E-state index contributed by atoms with van der Waals surface area (Å²) in [5.41, 5.74) is 1.78. The van der Waals surface area contributed by atoms with Crippen LogP contribution in [0.2, 0.25) is 5.02 Å². The summed E-state index contributed by atoms with van der Waals surface area (Å²) in [6.45, 7) is 0. The molecule has 2 aromatic rings. The Hall–Kier alpha value is -2.04. The maximum atomic E-state index is 12.4. The van der Waals surface area contributed by atoms with Crippen LogP contribution in [0.3, 0.4) is 0 Å². The van der Waals surface area contributed by atoms with Crippen molar-refractivity contribution in [2.45, 2.75) is 43.7 Å². The lowest BCUT2D eigenvalue weighted by Crippen LogP contribution is -2.40. The van der Waals surface area contributed by atoms with E-state index in [2.05, 4.69) is 17.4 Å². The van der Waals surface area contributed by atoms with E-state index in [1.54, 1.807) is 31.4 Å². The van der Waals surface area contributed by atoms with Gasteiger partial charge in [0.05, 0.1) is 7.11 Å². The molecule has 138 valence electrons. The van der Waals surface area contributed by atoms with Crippen LogP contribution in [0, 0.1) is 0 Å². The Bertz CT molecular complexity index is 747. The fraction of sp³-hybridized carbons (Fsp3) is 0.381. The van der Waals surface area contributed by atoms with Crippen LogP contribution in [0.5, 0.6) is 5.75 Å². The fourth-order valence-corrected chi connectivity index (χ4v) is 3.81. The highest BCUT2D eigenvalue weighted by atomic mass is 35.5. The average Bonchev–Trinajstić information content (AvgIpc) is 2.67. The van der Waals surface area contributed by atoms with Crippen molar-refractivity contribution in [3.8, 4) is 5.75 Å². The predicted octanol–water partition coefficient (Wildman–Crippen LogP) is 4.22. The Morgan fingerprint density at radius 2 is 2.00 bits per heavy atom. The highest BCUT2D eigenvalue weighted by Gasteiger charge is 2.27. The lowest BCUT2D eigenvalue weighted by molar-refractivity contribution is -0.130. The lowest BCUT2D eigenvalue weighted by atomic mass is 9.81. The second-order valence-electron chi connectivity index (χ2n) is 6.80. The minimum absolute atomic E-state index is 0.0668. The van der Waals surface area contributed by atoms with Gasteiger partial charge in [0.15, 0.2) is 6.10 Å². The summed E-state index contributed by atoms with van der Waals surface area (Å²) in [5, 5.41) is 13.8. The van der Waals surface area contributed by atoms with E-state index in [9.17, 15) is 9.90 Å². The summed E-state index contributed by atoms with van der Waals surface area (Å²) in [4.78, 5) is 12.4. The molecule has 2 N–H and O–H groups in total. The molecule has 1 aliphatic carbocycles. The van der Waals surface area contributed by atoms with E-state index in [0.29, 0.717) is 16.5 Å². The van der Waals surface area contributed by atoms with Crippen LogP contribution in [0.25, 0.3) is 0 Å². The van der Waals surface area contributed by atoms with Gasteiger partial charge in [-0.2, -0.15) is 0 Å². The molecule has 0 radical (unpaired) electrons. The second-order valence-corrected chi connectivity index (χ2v) is 7.24. The number of halogens is 1. The summed E-state index contributed by atoms with van der Waals surface area (Å²) in [6, 6.07) is 15.0. The Labute approximate surface area is 159 Å². The molecule has 2 aromatic carbocycles. The van der Waals surface area contributed by atoms with Gasteiger partial charge in [0.2, 0.25) is 0 Å². The molecular weight excluding hydrogens is 350 g/mol. The Balaban J connectivity index is 1.61. The number of aliphatic hydroxyl groups excluding tert-OH is 1. The monoisotopic (exact) mass is 373 g/mol. The molecule has 1 saturated carbocycles. The molecule has 0 heterocycles. The van der Waals surface area contributed by atoms with Crippen molar-refractivity contribution in [1.82, 2.24) is 5.32 Å². The predicted molar refractivity (Wildman–Crippen MR) is 103 cm³/mol. The molecule has 1 aliphatic rings. The van der Waals surface area contributed by atoms with Gasteiger partial charge in [-0.05, 0) is 60.6 Å². The van der Waals surface area contributed by atoms with Crippen molar-refractivity contribution < 1.29 is 14.6 Å². The number of methoxy groups -OCH3 is 1. The van der Waals surface area contributed by atoms with Gasteiger partial charge in [-0.25, -0.2) is 0 Å². The fourth-order valence-electron chi connectivity index (χ4n) is 3.61. The Kier molecular flexibility index (Phi) is 6.17. The van der Waals surface area contributed by atoms with Crippen LogP contribution < -0.4 is 10.1 Å². The van der Waals surface area contributed by atoms with E-state index >= 15 is 0 Å². The summed E-state index contributed by atoms with van der Waals surface area (Å²) in [6.07, 6.45) is 2.76. The van der Waals surface area contributed by atoms with E-state index in [4.69, 9.17) is 16.3 Å². The minimum Gasteiger partial charge on any atom is -0.497 e. The van der Waals surface area contributed by atoms with Crippen LogP contribution >= 0.6 is 11.6 Å². The number of carbonyl (C=O) groups excluding carboxylic acids is 1. The van der Waals surface area contributed by atoms with Crippen molar-refractivity contribution in [3.05, 3.63) is 64.7 Å². The maximum absolute atomic E-state index is 12.4. The van der Waals surface area contributed by atoms with Gasteiger partial charge in [0.25, 0.3) is 5.91 Å². The minimum atomic E-state index is -1.20. The number of ether oxygens (including phenoxy) is 1. The highest BCUT2D eigenvalue weighted by Crippen LogP contribution is 2.34. The lowest BCUT2D eigenvalue weighted by Gasteiger charge is -2.30. The smallest absolute Gasteiger partial charge is 0.253 e. The molecule has 1 amide bonds. The zero-order valence-electron chi connectivity index (χ0n) is 14.8. The third-order valence-electron chi connectivity index (χ3n) is 5.02. The number of benzene rings is 2. The number of carbonyl (C=O) groups is 1. The standard InChI is InChI=1S/C21H24ClNO3/c1-26-19-10-8-14(9-11-19)15-4-3-7-18(13-15)23-21(25)20(24)16-5-2-6-17(22)12-16/h2,5-6,8-12,15,18,20,24H,3-4,7,13H2,1H3,(H,23,25)/t15-,18+,20+/m0/s1. The number of amides is 1. The molecule has 0 saturated heterocycles. The Morgan fingerprint density at radius 3 is 2.69 bits per heavy atom. The zero-order valence-corrected chi connectivity index (χ0v) is 15.6. The molecule has 4 nitrogen and oxygen atoms in total. The number of hydrogen-bond donors (Lipinski definition) is 2. The first kappa shape index (κ1) is 18.7. The number of hydrogen-bond acceptors (Lipinski definition) is 3. The quantitative estimate of drug-likeness (QED) is 0.824. The van der Waals surface area contributed by atoms with Gasteiger partial charge in [-0.3, -0.25) is 4.79 Å². The molecule has 5 heteroatoms. The molecule has 0 aliphatic heterocycles. The van der Waals surface area contributed by atoms with Crippen LogP contribution in [0.15, 0.2) is 48.5 Å². The molecule has 1 fully saturated rings. The summed E-state index contributed by atoms with van der Waals surface area (Å²) >= 11 is 5.94. The van der Waals surface area contributed by atoms with Crippen LogP contribution in [0.4, 0.5) is 0 Å². The molecule has 0 spiro atoms. The van der Waals surface area contributed by atoms with Crippen molar-refractivity contribution in [1.29, 1.82) is 0 Å². The summed E-state index contributed by atoms with van der Waals surface area (Å²) in [7, 11) is 1.66. The zero-order chi connectivity index (χ0) is 18.5. The van der Waals surface area contributed by atoms with Crippen molar-refractivity contribution >= 4 is 17.5 Å². The van der Waals surface area contributed by atoms with Crippen LogP contribution in [0.1, 0.15) is 48.8 Å². The third kappa shape index (κ3) is 4.57. The van der Waals surface area contributed by atoms with Crippen molar-refractivity contribution in [2.75, 3.05) is 7.11 Å². The number of rotatable bonds is 5. The molecule has 3 atom stereocenters. The average molecular weight is 374 g/mol. The number of aliphatic hydroxyl groups is 1. The van der Waals surface area contributed by atoms with Gasteiger partial charge < -0.3 is 15.2 Å². The summed E-state index contributed by atoms with van der Waals surface area (Å²) in [5.74, 6) is 0.884. The van der Waals surface area contributed by atoms with E-state index in [-0.39, 0.29) is 11.9 Å². The molecule has 0 aromatic heterocycles. The summed E-state index contributed by atoms with van der Waals surface area (Å²) < 4.78 is 5.21. The first-order valence-corrected chi connectivity index (χ1v) is 9.32. The van der Waals surface area contributed by atoms with Crippen LogP contribution in [-0.4, -0.2) is 24.2 Å². The molecule has 26 heavy (non-hydrogen) atoms. The van der Waals surface area contributed by atoms with Crippen molar-refractivity contribution in [3.63, 3.8) is 0 Å². The molecule has 0 unspecified atom stereocenters. The van der Waals surface area contributed by atoms with E-state index in [1.807, 2.05) is 12.1 Å². The Morgan fingerprint density at radius 1 is 1.23 bits per heavy atom. The van der Waals surface area contributed by atoms with Gasteiger partial charge >= 0.3 is 0 Å². The van der Waals surface area contributed by atoms with Gasteiger partial charge in [-0.1, -0.05) is 42.3 Å². The highest BCUT2D eigenvalue weighted by molar-refractivity contribution is 6.30. The largest absolute Gasteiger partial charge is 0.497 e. The van der Waals surface area contributed by atoms with E-state index in [1.165, 1.54) is 5.56 Å². The second kappa shape index (κ2) is 8.56. The normalized spacial score (nSPS) is 21.0. The van der Waals surface area contributed by atoms with E-state index < -0.39 is 6.10 Å². The number of nitrogens with one attached hydrogen (secondary N) is 1. The SMILES string of the molecule is COc1ccc([C@H]2CCC[C@@H](NC(=O)[C@H](O)c3cccc(Cl)c3)C2)cc1. The third-order valence-corrected chi connectivity index (χ3v) is 5.26. The van der Waals surface area contributed by atoms with Crippen LogP contribution in [-0.2, 0) is 4.79 Å².